The summed E-state index contributed by atoms with van der Waals surface area (Å²) in [5, 5.41) is 23.8. The molecule has 1 amide bonds. The van der Waals surface area contributed by atoms with Crippen molar-refractivity contribution in [2.75, 3.05) is 46.3 Å². The number of unbranched alkanes of at least 4 members (excludes halogenated alkanes) is 1. The number of esters is 1. The fourth-order valence-electron chi connectivity index (χ4n) is 9.61. The minimum Gasteiger partial charge on any atom is -0.458 e. The molecule has 0 aliphatic carbocycles. The number of Topliss-reactive ketones (excluding diaryl/α,β-unsaturated/α-hetero) is 1. The van der Waals surface area contributed by atoms with Crippen LogP contribution in [-0.2, 0) is 39.8 Å². The Morgan fingerprint density at radius 1 is 1.10 bits per heavy atom. The number of nitrogen functional groups attached to an aromatic ring is 1. The summed E-state index contributed by atoms with van der Waals surface area (Å²) in [5.74, 6) is -3.16. The highest BCUT2D eigenvalue weighted by atomic mass is 32.2. The average Bonchev–Trinajstić information content (AvgIpc) is 3.83. The second-order valence-corrected chi connectivity index (χ2v) is 18.5. The number of hydrogen-bond donors (Lipinski definition) is 3. The first-order chi connectivity index (χ1) is 29.8. The second-order valence-electron chi connectivity index (χ2n) is 18.2. The lowest BCUT2D eigenvalue weighted by molar-refractivity contribution is -0.298. The lowest BCUT2D eigenvalue weighted by Crippen LogP contribution is -2.61. The topological polar surface area (TPSA) is 193 Å². The van der Waals surface area contributed by atoms with Crippen molar-refractivity contribution in [2.45, 2.75) is 160 Å². The SMILES string of the molecule is CCC1CC(N(C)C)C(O)[C@H](O[C@@H]2[C@@H](C)C(=O)[C@@H](C)C(=O)O[C@H](CC)[C@@]3(C)OC(=O)N(CCCCn4cc(-c5cccc(N)c5)nn4)[C@@H]3[C@@H](C)NC[C@H](C)C[C@@]2(C)OC)O1.CSF. The number of halogens is 1. The number of carbonyl (C=O) groups excluding carboxylic acids is 3. The number of fused-ring (bicyclic) bond motifs is 1. The molecule has 4 N–H and O–H groups in total. The van der Waals surface area contributed by atoms with Crippen LogP contribution in [0, 0.1) is 17.8 Å². The molecule has 3 unspecified atom stereocenters. The summed E-state index contributed by atoms with van der Waals surface area (Å²) in [6, 6.07) is 6.46. The molecule has 5 rings (SSSR count). The van der Waals surface area contributed by atoms with Crippen molar-refractivity contribution in [1.29, 1.82) is 0 Å². The van der Waals surface area contributed by atoms with Gasteiger partial charge in [0.15, 0.2) is 17.7 Å². The van der Waals surface area contributed by atoms with Crippen LogP contribution in [0.25, 0.3) is 11.3 Å². The summed E-state index contributed by atoms with van der Waals surface area (Å²) in [5.41, 5.74) is 5.95. The predicted molar refractivity (Wildman–Crippen MR) is 241 cm³/mol. The standard InChI is InChI=1S/C44H71N7O9.CH3FS/c1-12-32-22-34(49(9)10)37(53)41(57-32)59-39-27(4)36(52)28(5)40(54)58-35(13-2)44(8)38(29(6)46-24-26(3)23-43(39,7)56-11)51(42(55)60-44)20-15-14-19-50-25-33(47-48-50)30-17-16-18-31(45)21-30;1-3-2/h16-18,21,25-29,32,34-35,37-39,41,46,53H,12-15,19-20,22-24,45H2,1-11H3;1H3/t26-,27+,28-,29-,32?,34?,35-,37?,38-,39-,41+,43-,44-;/m1./s1. The van der Waals surface area contributed by atoms with Crippen molar-refractivity contribution in [3.8, 4) is 11.3 Å². The lowest BCUT2D eigenvalue weighted by Gasteiger charge is -2.47. The van der Waals surface area contributed by atoms with Crippen LogP contribution in [0.2, 0.25) is 0 Å². The monoisotopic (exact) mass is 908 g/mol. The van der Waals surface area contributed by atoms with Gasteiger partial charge >= 0.3 is 12.1 Å². The summed E-state index contributed by atoms with van der Waals surface area (Å²) in [6.45, 7) is 16.6. The van der Waals surface area contributed by atoms with Gasteiger partial charge in [-0.25, -0.2) is 4.79 Å². The number of nitrogens with two attached hydrogens (primary N) is 1. The van der Waals surface area contributed by atoms with Gasteiger partial charge in [-0.3, -0.25) is 19.2 Å². The Morgan fingerprint density at radius 3 is 2.40 bits per heavy atom. The van der Waals surface area contributed by atoms with Gasteiger partial charge in [0.05, 0.1) is 30.0 Å². The molecule has 0 spiro atoms. The van der Waals surface area contributed by atoms with E-state index in [0.29, 0.717) is 57.4 Å². The van der Waals surface area contributed by atoms with Crippen molar-refractivity contribution < 1.29 is 47.1 Å². The number of aliphatic hydroxyl groups is 1. The molecule has 0 saturated carbocycles. The number of ketones is 1. The Hall–Kier alpha value is -3.39. The summed E-state index contributed by atoms with van der Waals surface area (Å²) in [6.07, 6.45) is 2.38. The molecule has 1 aromatic carbocycles. The molecule has 13 atom stereocenters. The van der Waals surface area contributed by atoms with Crippen molar-refractivity contribution in [2.24, 2.45) is 17.8 Å². The highest BCUT2D eigenvalue weighted by Crippen LogP contribution is 2.40. The largest absolute Gasteiger partial charge is 0.458 e. The molecular formula is C45H74FN7O9S. The average molecular weight is 908 g/mol. The van der Waals surface area contributed by atoms with Crippen molar-refractivity contribution in [3.63, 3.8) is 0 Å². The summed E-state index contributed by atoms with van der Waals surface area (Å²) in [7, 11) is 5.43. The fourth-order valence-corrected chi connectivity index (χ4v) is 9.61. The number of aliphatic hydroxyl groups excluding tert-OH is 1. The van der Waals surface area contributed by atoms with Gasteiger partial charge in [-0.1, -0.05) is 45.0 Å². The molecule has 3 aliphatic rings. The molecule has 3 saturated heterocycles. The summed E-state index contributed by atoms with van der Waals surface area (Å²) in [4.78, 5) is 46.0. The van der Waals surface area contributed by atoms with Gasteiger partial charge in [0.25, 0.3) is 0 Å². The summed E-state index contributed by atoms with van der Waals surface area (Å²) >= 11 is 0.250. The Morgan fingerprint density at radius 2 is 1.78 bits per heavy atom. The van der Waals surface area contributed by atoms with E-state index in [1.165, 1.54) is 6.26 Å². The van der Waals surface area contributed by atoms with E-state index in [2.05, 4.69) is 22.6 Å². The van der Waals surface area contributed by atoms with Crippen LogP contribution in [0.15, 0.2) is 30.5 Å². The van der Waals surface area contributed by atoms with Gasteiger partial charge in [-0.15, -0.1) is 5.10 Å². The highest BCUT2D eigenvalue weighted by molar-refractivity contribution is 7.93. The Bertz CT molecular complexity index is 1790. The molecular weight excluding hydrogens is 834 g/mol. The van der Waals surface area contributed by atoms with E-state index in [0.717, 1.165) is 17.7 Å². The fraction of sp³-hybridized carbons (Fsp3) is 0.756. The third kappa shape index (κ3) is 12.5. The predicted octanol–water partition coefficient (Wildman–Crippen LogP) is 5.91. The molecule has 63 heavy (non-hydrogen) atoms. The second kappa shape index (κ2) is 23.2. The van der Waals surface area contributed by atoms with E-state index in [4.69, 9.17) is 29.4 Å². The molecule has 0 radical (unpaired) electrons. The number of carbonyl (C=O) groups is 3. The maximum absolute atomic E-state index is 14.4. The number of methoxy groups -OCH3 is 1. The van der Waals surface area contributed by atoms with Crippen LogP contribution in [-0.4, -0.2) is 148 Å². The molecule has 1 aromatic heterocycles. The van der Waals surface area contributed by atoms with Gasteiger partial charge < -0.3 is 44.7 Å². The van der Waals surface area contributed by atoms with Gasteiger partial charge in [0.2, 0.25) is 0 Å². The number of likely N-dealkylation sites (N-methyl/N-ethyl adjacent to an activating group) is 1. The first-order valence-electron chi connectivity index (χ1n) is 22.4. The molecule has 18 heteroatoms. The zero-order valence-electron chi connectivity index (χ0n) is 39.4. The van der Waals surface area contributed by atoms with E-state index in [9.17, 15) is 23.4 Å². The molecule has 356 valence electrons. The molecule has 4 heterocycles. The van der Waals surface area contributed by atoms with Crippen LogP contribution in [0.3, 0.4) is 0 Å². The number of amides is 1. The Kier molecular flexibility index (Phi) is 19.2. The maximum atomic E-state index is 14.4. The van der Waals surface area contributed by atoms with E-state index >= 15 is 0 Å². The molecule has 0 bridgehead atoms. The lowest BCUT2D eigenvalue weighted by atomic mass is 9.78. The molecule has 3 aliphatic heterocycles. The molecule has 2 aromatic rings. The van der Waals surface area contributed by atoms with Gasteiger partial charge in [-0.05, 0) is 105 Å². The maximum Gasteiger partial charge on any atom is 0.410 e. The van der Waals surface area contributed by atoms with Gasteiger partial charge in [-0.2, -0.15) is 3.89 Å². The number of nitrogens with zero attached hydrogens (tertiary/aromatic N) is 5. The molecule has 3 fully saturated rings. The van der Waals surface area contributed by atoms with E-state index < -0.39 is 71.5 Å². The minimum atomic E-state index is -1.23. The van der Waals surface area contributed by atoms with Gasteiger partial charge in [0, 0.05) is 67.9 Å². The van der Waals surface area contributed by atoms with E-state index in [1.54, 1.807) is 30.5 Å². The first-order valence-corrected chi connectivity index (χ1v) is 23.5. The van der Waals surface area contributed by atoms with Crippen LogP contribution < -0.4 is 11.1 Å². The Balaban J connectivity index is 0.00000282. The van der Waals surface area contributed by atoms with E-state index in [1.807, 2.05) is 84.1 Å². The quantitative estimate of drug-likeness (QED) is 0.0985. The molecule has 16 nitrogen and oxygen atoms in total. The number of ether oxygens (including phenoxy) is 5. The summed E-state index contributed by atoms with van der Waals surface area (Å²) < 4.78 is 43.8. The number of hydrogen-bond acceptors (Lipinski definition) is 15. The number of rotatable bonds is 12. The first kappa shape index (κ1) is 52.2. The van der Waals surface area contributed by atoms with Crippen molar-refractivity contribution in [1.82, 2.24) is 30.1 Å². The number of aryl methyl sites for hydroxylation is 1. The van der Waals surface area contributed by atoms with Gasteiger partial charge in [0.1, 0.15) is 23.8 Å². The van der Waals surface area contributed by atoms with Crippen LogP contribution in [0.5, 0.6) is 0 Å². The third-order valence-corrected chi connectivity index (χ3v) is 13.2. The minimum absolute atomic E-state index is 0.0130. The van der Waals surface area contributed by atoms with E-state index in [-0.39, 0.29) is 36.3 Å². The number of benzene rings is 1. The normalized spacial score (nSPS) is 34.6. The van der Waals surface area contributed by atoms with Crippen LogP contribution in [0.1, 0.15) is 93.9 Å². The number of nitrogens with one attached hydrogen (secondary N) is 1. The van der Waals surface area contributed by atoms with Crippen LogP contribution in [0.4, 0.5) is 14.4 Å². The third-order valence-electron chi connectivity index (χ3n) is 13.2. The van der Waals surface area contributed by atoms with Crippen molar-refractivity contribution >= 4 is 35.7 Å². The Labute approximate surface area is 378 Å². The smallest absolute Gasteiger partial charge is 0.410 e. The zero-order valence-corrected chi connectivity index (χ0v) is 40.2. The number of cyclic esters (lactones) is 1. The van der Waals surface area contributed by atoms with Crippen molar-refractivity contribution in [3.05, 3.63) is 30.5 Å². The highest BCUT2D eigenvalue weighted by Gasteiger charge is 2.58. The zero-order chi connectivity index (χ0) is 46.8. The number of aromatic nitrogens is 3. The number of anilines is 1. The van der Waals surface area contributed by atoms with Crippen LogP contribution >= 0.6 is 12.1 Å².